The van der Waals surface area contributed by atoms with Crippen LogP contribution < -0.4 is 0 Å². The van der Waals surface area contributed by atoms with E-state index in [4.69, 9.17) is 0 Å². The van der Waals surface area contributed by atoms with Gasteiger partial charge in [0.05, 0.1) is 0 Å². The van der Waals surface area contributed by atoms with E-state index in [0.29, 0.717) is 0 Å². The van der Waals surface area contributed by atoms with Crippen molar-refractivity contribution in [3.05, 3.63) is 177 Å². The lowest BCUT2D eigenvalue weighted by atomic mass is 9.86. The van der Waals surface area contributed by atoms with Crippen LogP contribution in [0.2, 0.25) is 0 Å². The number of hydrogen-bond donors (Lipinski definition) is 0. The van der Waals surface area contributed by atoms with E-state index < -0.39 is 0 Å². The molecule has 3 heteroatoms. The lowest BCUT2D eigenvalue weighted by molar-refractivity contribution is 1.61. The predicted octanol–water partition coefficient (Wildman–Crippen LogP) is 15.9. The first-order chi connectivity index (χ1) is 25.0. The Bertz CT molecular complexity index is 2720. The number of halogens is 3. The van der Waals surface area contributed by atoms with Crippen LogP contribution in [0.15, 0.2) is 177 Å². The molecule has 0 atom stereocenters. The van der Waals surface area contributed by atoms with Gasteiger partial charge in [-0.2, -0.15) is 0 Å². The molecular weight excluding hydrogens is 816 g/mol. The molecule has 0 N–H and O–H groups in total. The maximum Gasteiger partial charge on any atom is 0.0181 e. The van der Waals surface area contributed by atoms with Crippen LogP contribution in [0, 0.1) is 0 Å². The monoisotopic (exact) mass is 840 g/mol. The topological polar surface area (TPSA) is 0 Å². The van der Waals surface area contributed by atoms with Gasteiger partial charge >= 0.3 is 0 Å². The summed E-state index contributed by atoms with van der Waals surface area (Å²) in [6, 6.07) is 60.5. The zero-order valence-corrected chi connectivity index (χ0v) is 32.0. The van der Waals surface area contributed by atoms with Crippen molar-refractivity contribution in [2.75, 3.05) is 0 Å². The molecule has 0 unspecified atom stereocenters. The van der Waals surface area contributed by atoms with E-state index in [2.05, 4.69) is 212 Å². The van der Waals surface area contributed by atoms with E-state index in [9.17, 15) is 0 Å². The molecule has 0 nitrogen and oxygen atoms in total. The minimum atomic E-state index is 1.07. The summed E-state index contributed by atoms with van der Waals surface area (Å²) in [5.41, 5.74) is 7.19. The summed E-state index contributed by atoms with van der Waals surface area (Å²) in [5, 5.41) is 14.9. The molecule has 0 heterocycles. The van der Waals surface area contributed by atoms with E-state index in [1.54, 1.807) is 0 Å². The molecule has 0 bridgehead atoms. The van der Waals surface area contributed by atoms with Crippen molar-refractivity contribution in [2.24, 2.45) is 0 Å². The highest BCUT2D eigenvalue weighted by molar-refractivity contribution is 9.11. The molecule has 10 aromatic carbocycles. The first-order valence-electron chi connectivity index (χ1n) is 17.0. The Hall–Kier alpha value is -4.80. The van der Waals surface area contributed by atoms with E-state index >= 15 is 0 Å². The highest BCUT2D eigenvalue weighted by atomic mass is 79.9. The van der Waals surface area contributed by atoms with Crippen LogP contribution in [0.1, 0.15) is 0 Å². The van der Waals surface area contributed by atoms with Gasteiger partial charge in [-0.05, 0) is 171 Å². The summed E-state index contributed by atoms with van der Waals surface area (Å²) in [5.74, 6) is 0. The van der Waals surface area contributed by atoms with Crippen molar-refractivity contribution in [2.45, 2.75) is 0 Å². The number of benzene rings is 10. The molecule has 0 radical (unpaired) electrons. The van der Waals surface area contributed by atoms with Gasteiger partial charge in [0.25, 0.3) is 0 Å². The van der Waals surface area contributed by atoms with Gasteiger partial charge in [-0.15, -0.1) is 0 Å². The summed E-state index contributed by atoms with van der Waals surface area (Å²) in [7, 11) is 0. The van der Waals surface area contributed by atoms with Crippen LogP contribution in [0.5, 0.6) is 0 Å². The molecule has 0 aliphatic carbocycles. The fraction of sp³-hybridized carbons (Fsp3) is 0. The molecule has 0 aliphatic heterocycles. The van der Waals surface area contributed by atoms with E-state index in [1.165, 1.54) is 98.0 Å². The van der Waals surface area contributed by atoms with Gasteiger partial charge in [0, 0.05) is 13.4 Å². The van der Waals surface area contributed by atoms with Crippen molar-refractivity contribution in [3.8, 4) is 33.4 Å². The first-order valence-corrected chi connectivity index (χ1v) is 19.4. The smallest absolute Gasteiger partial charge is 0.0181 e. The predicted molar refractivity (Wildman–Crippen MR) is 231 cm³/mol. The summed E-state index contributed by atoms with van der Waals surface area (Å²) < 4.78 is 3.20. The lowest BCUT2D eigenvalue weighted by Crippen LogP contribution is -1.91. The Morgan fingerprint density at radius 1 is 0.235 bits per heavy atom. The summed E-state index contributed by atoms with van der Waals surface area (Å²) in [4.78, 5) is 0. The highest BCUT2D eigenvalue weighted by Crippen LogP contribution is 2.44. The number of rotatable bonds is 3. The van der Waals surface area contributed by atoms with Crippen LogP contribution >= 0.6 is 47.8 Å². The van der Waals surface area contributed by atoms with Crippen LogP contribution in [0.25, 0.3) is 98.0 Å². The molecule has 0 fully saturated rings. The molecule has 51 heavy (non-hydrogen) atoms. The molecule has 0 saturated carbocycles. The fourth-order valence-corrected chi connectivity index (χ4v) is 9.12. The highest BCUT2D eigenvalue weighted by Gasteiger charge is 2.17. The van der Waals surface area contributed by atoms with Gasteiger partial charge in [0.2, 0.25) is 0 Å². The Kier molecular flexibility index (Phi) is 7.39. The van der Waals surface area contributed by atoms with Gasteiger partial charge < -0.3 is 0 Å². The average molecular weight is 843 g/mol. The molecule has 0 aliphatic rings. The normalized spacial score (nSPS) is 11.8. The standard InChI is InChI=1S/C48H27Br3/c49-34-13-16-40-37-10-4-1-7-28(37)22-43(46(40)25-34)31-19-32(44-23-29-8-2-5-11-38(29)41-17-14-35(50)26-47(41)44)21-33(20-31)45-24-30-9-3-6-12-39(30)42-18-15-36(51)27-48(42)45/h1-27H. The Morgan fingerprint density at radius 2 is 0.529 bits per heavy atom. The van der Waals surface area contributed by atoms with E-state index in [1.807, 2.05) is 0 Å². The number of fused-ring (bicyclic) bond motifs is 9. The second-order valence-electron chi connectivity index (χ2n) is 13.3. The van der Waals surface area contributed by atoms with Gasteiger partial charge in [-0.25, -0.2) is 0 Å². The maximum atomic E-state index is 3.81. The fourth-order valence-electron chi connectivity index (χ4n) is 8.04. The Balaban J connectivity index is 1.36. The maximum absolute atomic E-state index is 3.81. The van der Waals surface area contributed by atoms with E-state index in [-0.39, 0.29) is 0 Å². The van der Waals surface area contributed by atoms with Crippen LogP contribution in [0.4, 0.5) is 0 Å². The molecular formula is C48H27Br3. The second kappa shape index (κ2) is 12.2. The average Bonchev–Trinajstić information content (AvgIpc) is 3.16. The van der Waals surface area contributed by atoms with Crippen molar-refractivity contribution in [1.82, 2.24) is 0 Å². The number of hydrogen-bond acceptors (Lipinski definition) is 0. The van der Waals surface area contributed by atoms with Crippen molar-refractivity contribution < 1.29 is 0 Å². The minimum absolute atomic E-state index is 1.07. The van der Waals surface area contributed by atoms with Crippen LogP contribution in [-0.4, -0.2) is 0 Å². The van der Waals surface area contributed by atoms with Gasteiger partial charge in [-0.1, -0.05) is 139 Å². The molecule has 240 valence electrons. The van der Waals surface area contributed by atoms with E-state index in [0.717, 1.165) is 13.4 Å². The summed E-state index contributed by atoms with van der Waals surface area (Å²) in [6.07, 6.45) is 0. The minimum Gasteiger partial charge on any atom is -0.0616 e. The quantitative estimate of drug-likeness (QED) is 0.155. The SMILES string of the molecule is Brc1ccc2c(c1)c(-c1cc(-c3cc4ccccc4c4ccc(Br)cc34)cc(-c3cc4ccccc4c4ccc(Br)cc34)c1)cc1ccccc12. The molecule has 0 aromatic heterocycles. The van der Waals surface area contributed by atoms with Crippen LogP contribution in [0.3, 0.4) is 0 Å². The Morgan fingerprint density at radius 3 is 0.843 bits per heavy atom. The van der Waals surface area contributed by atoms with Gasteiger partial charge in [0.1, 0.15) is 0 Å². The summed E-state index contributed by atoms with van der Waals surface area (Å²) >= 11 is 11.4. The zero-order valence-electron chi connectivity index (χ0n) is 27.2. The molecule has 0 spiro atoms. The lowest BCUT2D eigenvalue weighted by Gasteiger charge is -2.18. The van der Waals surface area contributed by atoms with Crippen molar-refractivity contribution >= 4 is 112 Å². The second-order valence-corrected chi connectivity index (χ2v) is 16.1. The molecule has 10 rings (SSSR count). The van der Waals surface area contributed by atoms with Crippen molar-refractivity contribution in [3.63, 3.8) is 0 Å². The van der Waals surface area contributed by atoms with Gasteiger partial charge in [-0.3, -0.25) is 0 Å². The zero-order chi connectivity index (χ0) is 34.2. The van der Waals surface area contributed by atoms with Gasteiger partial charge in [0.15, 0.2) is 0 Å². The van der Waals surface area contributed by atoms with Crippen molar-refractivity contribution in [1.29, 1.82) is 0 Å². The third-order valence-electron chi connectivity index (χ3n) is 10.3. The van der Waals surface area contributed by atoms with Crippen LogP contribution in [-0.2, 0) is 0 Å². The third-order valence-corrected chi connectivity index (χ3v) is 11.8. The Labute approximate surface area is 320 Å². The molecule has 10 aromatic rings. The third kappa shape index (κ3) is 5.21. The molecule has 0 amide bonds. The summed E-state index contributed by atoms with van der Waals surface area (Å²) in [6.45, 7) is 0. The largest absolute Gasteiger partial charge is 0.0616 e. The first kappa shape index (κ1) is 31.0. The molecule has 0 saturated heterocycles.